The summed E-state index contributed by atoms with van der Waals surface area (Å²) in [6.07, 6.45) is 0.447. The first-order valence-corrected chi connectivity index (χ1v) is 5.46. The van der Waals surface area contributed by atoms with E-state index in [9.17, 15) is 9.59 Å². The van der Waals surface area contributed by atoms with Crippen LogP contribution in [-0.4, -0.2) is 21.2 Å². The molecule has 1 amide bonds. The first-order valence-electron chi connectivity index (χ1n) is 5.46. The molecule has 0 saturated heterocycles. The summed E-state index contributed by atoms with van der Waals surface area (Å²) in [6.45, 7) is 2.15. The maximum Gasteiger partial charge on any atom is 0.228 e. The van der Waals surface area contributed by atoms with Crippen molar-refractivity contribution in [3.63, 3.8) is 0 Å². The number of imidazole rings is 1. The van der Waals surface area contributed by atoms with Gasteiger partial charge >= 0.3 is 0 Å². The van der Waals surface area contributed by atoms with Crippen LogP contribution in [0.15, 0.2) is 18.2 Å². The molecule has 1 aromatic heterocycles. The van der Waals surface area contributed by atoms with Crippen molar-refractivity contribution in [2.75, 3.05) is 5.32 Å². The van der Waals surface area contributed by atoms with E-state index in [0.717, 1.165) is 11.0 Å². The highest BCUT2D eigenvalue weighted by Gasteiger charge is 2.19. The second-order valence-corrected chi connectivity index (χ2v) is 4.14. The van der Waals surface area contributed by atoms with Crippen LogP contribution in [-0.2, 0) is 11.3 Å². The Morgan fingerprint density at radius 2 is 2.29 bits per heavy atom. The number of benzene rings is 1. The predicted octanol–water partition coefficient (Wildman–Crippen LogP) is 1.58. The van der Waals surface area contributed by atoms with Gasteiger partial charge in [-0.3, -0.25) is 14.9 Å². The number of nitrogens with zero attached hydrogens (tertiary/aromatic N) is 2. The first kappa shape index (κ1) is 10.0. The van der Waals surface area contributed by atoms with Gasteiger partial charge in [0.2, 0.25) is 11.9 Å². The third-order valence-electron chi connectivity index (χ3n) is 2.97. The number of ketones is 1. The lowest BCUT2D eigenvalue weighted by Gasteiger charge is -2.14. The van der Waals surface area contributed by atoms with E-state index in [1.54, 1.807) is 6.07 Å². The number of anilines is 1. The summed E-state index contributed by atoms with van der Waals surface area (Å²) in [4.78, 5) is 26.9. The fourth-order valence-electron chi connectivity index (χ4n) is 2.06. The molecule has 0 fully saturated rings. The Labute approximate surface area is 97.4 Å². The molecular weight excluding hydrogens is 218 g/mol. The van der Waals surface area contributed by atoms with Crippen molar-refractivity contribution in [2.45, 2.75) is 19.9 Å². The third kappa shape index (κ3) is 1.51. The summed E-state index contributed by atoms with van der Waals surface area (Å²) in [7, 11) is 0. The molecule has 0 aliphatic carbocycles. The van der Waals surface area contributed by atoms with E-state index < -0.39 is 0 Å². The number of carbonyl (C=O) groups excluding carboxylic acids is 2. The number of nitrogens with one attached hydrogen (secondary N) is 1. The molecule has 0 bridgehead atoms. The summed E-state index contributed by atoms with van der Waals surface area (Å²) in [6, 6.07) is 5.39. The molecule has 1 N–H and O–H groups in total. The number of hydrogen-bond acceptors (Lipinski definition) is 3. The first-order chi connectivity index (χ1) is 8.15. The van der Waals surface area contributed by atoms with Crippen molar-refractivity contribution in [1.29, 1.82) is 0 Å². The summed E-state index contributed by atoms with van der Waals surface area (Å²) in [5.74, 6) is 0.582. The molecule has 0 atom stereocenters. The molecule has 0 radical (unpaired) electrons. The van der Waals surface area contributed by atoms with Crippen molar-refractivity contribution in [2.24, 2.45) is 0 Å². The monoisotopic (exact) mass is 229 g/mol. The Morgan fingerprint density at radius 1 is 1.47 bits per heavy atom. The number of hydrogen-bond donors (Lipinski definition) is 1. The molecule has 1 aliphatic heterocycles. The molecule has 2 heterocycles. The molecule has 1 aromatic carbocycles. The SMILES string of the molecule is CC(=O)c1ccc2nc3n(c2c1)CCC(=O)N3. The molecule has 2 aromatic rings. The predicted molar refractivity (Wildman–Crippen MR) is 63.0 cm³/mol. The number of aryl methyl sites for hydroxylation is 1. The second-order valence-electron chi connectivity index (χ2n) is 4.14. The molecule has 86 valence electrons. The lowest BCUT2D eigenvalue weighted by molar-refractivity contribution is -0.116. The van der Waals surface area contributed by atoms with Crippen molar-refractivity contribution < 1.29 is 9.59 Å². The van der Waals surface area contributed by atoms with Crippen LogP contribution in [0.2, 0.25) is 0 Å². The highest BCUT2D eigenvalue weighted by molar-refractivity contribution is 5.99. The summed E-state index contributed by atoms with van der Waals surface area (Å²) in [5, 5.41) is 2.73. The second kappa shape index (κ2) is 3.41. The molecule has 0 unspecified atom stereocenters. The normalized spacial score (nSPS) is 14.5. The molecule has 0 saturated carbocycles. The summed E-state index contributed by atoms with van der Waals surface area (Å²) < 4.78 is 1.93. The van der Waals surface area contributed by atoms with E-state index >= 15 is 0 Å². The van der Waals surface area contributed by atoms with Crippen LogP contribution in [0, 0.1) is 0 Å². The summed E-state index contributed by atoms with van der Waals surface area (Å²) in [5.41, 5.74) is 2.36. The van der Waals surface area contributed by atoms with Gasteiger partial charge in [-0.1, -0.05) is 0 Å². The van der Waals surface area contributed by atoms with Crippen LogP contribution < -0.4 is 5.32 Å². The zero-order valence-corrected chi connectivity index (χ0v) is 9.36. The van der Waals surface area contributed by atoms with Gasteiger partial charge in [0.1, 0.15) is 0 Å². The minimum Gasteiger partial charge on any atom is -0.309 e. The fourth-order valence-corrected chi connectivity index (χ4v) is 2.06. The number of Topliss-reactive ketones (excluding diaryl/α,β-unsaturated/α-hetero) is 1. The number of rotatable bonds is 1. The van der Waals surface area contributed by atoms with Crippen molar-refractivity contribution in [3.8, 4) is 0 Å². The van der Waals surface area contributed by atoms with Gasteiger partial charge in [-0.05, 0) is 25.1 Å². The highest BCUT2D eigenvalue weighted by Crippen LogP contribution is 2.24. The largest absolute Gasteiger partial charge is 0.309 e. The van der Waals surface area contributed by atoms with E-state index in [2.05, 4.69) is 10.3 Å². The van der Waals surface area contributed by atoms with Gasteiger partial charge in [0, 0.05) is 18.5 Å². The van der Waals surface area contributed by atoms with Crippen molar-refractivity contribution >= 4 is 28.7 Å². The van der Waals surface area contributed by atoms with Gasteiger partial charge in [-0.2, -0.15) is 0 Å². The lowest BCUT2D eigenvalue weighted by Crippen LogP contribution is -2.23. The van der Waals surface area contributed by atoms with Crippen LogP contribution >= 0.6 is 0 Å². The van der Waals surface area contributed by atoms with E-state index in [1.807, 2.05) is 16.7 Å². The zero-order chi connectivity index (χ0) is 12.0. The van der Waals surface area contributed by atoms with Gasteiger partial charge in [0.05, 0.1) is 11.0 Å². The molecule has 1 aliphatic rings. The highest BCUT2D eigenvalue weighted by atomic mass is 16.2. The van der Waals surface area contributed by atoms with E-state index in [1.165, 1.54) is 6.92 Å². The van der Waals surface area contributed by atoms with Gasteiger partial charge < -0.3 is 4.57 Å². The topological polar surface area (TPSA) is 64.0 Å². The Kier molecular flexibility index (Phi) is 2.01. The average molecular weight is 229 g/mol. The zero-order valence-electron chi connectivity index (χ0n) is 9.36. The Balaban J connectivity index is 2.22. The molecule has 17 heavy (non-hydrogen) atoms. The van der Waals surface area contributed by atoms with Crippen molar-refractivity contribution in [1.82, 2.24) is 9.55 Å². The van der Waals surface area contributed by atoms with Crippen LogP contribution in [0.5, 0.6) is 0 Å². The van der Waals surface area contributed by atoms with Crippen molar-refractivity contribution in [3.05, 3.63) is 23.8 Å². The average Bonchev–Trinajstić information content (AvgIpc) is 2.64. The summed E-state index contributed by atoms with van der Waals surface area (Å²) >= 11 is 0. The number of amides is 1. The number of fused-ring (bicyclic) bond motifs is 3. The quantitative estimate of drug-likeness (QED) is 0.755. The van der Waals surface area contributed by atoms with Crippen LogP contribution in [0.25, 0.3) is 11.0 Å². The molecule has 3 rings (SSSR count). The van der Waals surface area contributed by atoms with Gasteiger partial charge in [0.15, 0.2) is 5.78 Å². The molecule has 5 heteroatoms. The third-order valence-corrected chi connectivity index (χ3v) is 2.97. The van der Waals surface area contributed by atoms with Crippen LogP contribution in [0.3, 0.4) is 0 Å². The fraction of sp³-hybridized carbons (Fsp3) is 0.250. The minimum atomic E-state index is -0.0143. The minimum absolute atomic E-state index is 0.0143. The Hall–Kier alpha value is -2.17. The Morgan fingerprint density at radius 3 is 3.06 bits per heavy atom. The van der Waals surface area contributed by atoms with Crippen LogP contribution in [0.1, 0.15) is 23.7 Å². The maximum atomic E-state index is 11.3. The van der Waals surface area contributed by atoms with Gasteiger partial charge in [-0.15, -0.1) is 0 Å². The smallest absolute Gasteiger partial charge is 0.228 e. The van der Waals surface area contributed by atoms with E-state index in [4.69, 9.17) is 0 Å². The lowest BCUT2D eigenvalue weighted by atomic mass is 10.1. The molecule has 5 nitrogen and oxygen atoms in total. The standard InChI is InChI=1S/C12H11N3O2/c1-7(16)8-2-3-9-10(6-8)15-5-4-11(17)14-12(15)13-9/h2-3,6H,4-5H2,1H3,(H,13,14,17). The number of carbonyl (C=O) groups is 2. The van der Waals surface area contributed by atoms with Gasteiger partial charge in [0.25, 0.3) is 0 Å². The number of aromatic nitrogens is 2. The van der Waals surface area contributed by atoms with E-state index in [0.29, 0.717) is 24.5 Å². The Bertz CT molecular complexity index is 642. The van der Waals surface area contributed by atoms with Crippen LogP contribution in [0.4, 0.5) is 5.95 Å². The molecular formula is C12H11N3O2. The van der Waals surface area contributed by atoms with E-state index in [-0.39, 0.29) is 11.7 Å². The molecule has 0 spiro atoms. The van der Waals surface area contributed by atoms with Gasteiger partial charge in [-0.25, -0.2) is 4.98 Å². The maximum absolute atomic E-state index is 11.3.